The molecule has 9 heteroatoms. The number of hydrogen-bond acceptors (Lipinski definition) is 5. The van der Waals surface area contributed by atoms with Crippen LogP contribution in [0.3, 0.4) is 0 Å². The number of hydrogen-bond donors (Lipinski definition) is 1. The van der Waals surface area contributed by atoms with Crippen LogP contribution in [0.2, 0.25) is 0 Å². The van der Waals surface area contributed by atoms with Crippen LogP contribution in [0, 0.1) is 45.1 Å². The molecule has 1 aliphatic heterocycles. The van der Waals surface area contributed by atoms with Gasteiger partial charge in [-0.2, -0.15) is 0 Å². The Labute approximate surface area is 231 Å². The largest absolute Gasteiger partial charge is 0.433 e. The van der Waals surface area contributed by atoms with E-state index in [4.69, 9.17) is 4.74 Å². The molecule has 216 valence electrons. The highest BCUT2D eigenvalue weighted by Gasteiger charge is 2.82. The first-order chi connectivity index (χ1) is 18.7. The molecule has 0 bridgehead atoms. The number of alkyl halides is 2. The summed E-state index contributed by atoms with van der Waals surface area (Å²) in [4.78, 5) is 27.8. The Hall–Kier alpha value is -2.52. The number of allylic oxidation sites excluding steroid dienone is 4. The molecule has 0 spiro atoms. The fraction of sp³-hybridized carbons (Fsp3) is 0.613. The Kier molecular flexibility index (Phi) is 6.04. The number of halogens is 4. The van der Waals surface area contributed by atoms with Crippen LogP contribution in [-0.2, 0) is 20.9 Å². The van der Waals surface area contributed by atoms with E-state index in [0.29, 0.717) is 36.9 Å². The van der Waals surface area contributed by atoms with Crippen LogP contribution in [0.25, 0.3) is 0 Å². The molecular formula is C31H35F4NO4. The lowest BCUT2D eigenvalue weighted by Gasteiger charge is -2.67. The molecule has 1 N–H and O–H groups in total. The SMILES string of the molecule is CC12C=CC(=O)C=C1CCC1C3(C)CC4CN(Cc5cc(F)cc(F)c5)CC4(C(=O)OCF)C3(C)CC(O)C12F. The van der Waals surface area contributed by atoms with Gasteiger partial charge in [0.2, 0.25) is 6.86 Å². The second-order valence-electron chi connectivity index (χ2n) is 13.3. The highest BCUT2D eigenvalue weighted by molar-refractivity contribution is 6.01. The number of fused-ring (bicyclic) bond motifs is 7. The third-order valence-electron chi connectivity index (χ3n) is 11.9. The maximum atomic E-state index is 17.7. The van der Waals surface area contributed by atoms with Crippen molar-refractivity contribution in [3.05, 3.63) is 59.2 Å². The van der Waals surface area contributed by atoms with E-state index in [1.807, 2.05) is 18.7 Å². The third-order valence-corrected chi connectivity index (χ3v) is 11.9. The number of benzene rings is 1. The molecule has 8 unspecified atom stereocenters. The molecule has 1 heterocycles. The van der Waals surface area contributed by atoms with Crippen molar-refractivity contribution in [1.82, 2.24) is 4.90 Å². The number of likely N-dealkylation sites (tertiary alicyclic amines) is 1. The lowest BCUT2D eigenvalue weighted by molar-refractivity contribution is -0.241. The third kappa shape index (κ3) is 3.28. The van der Waals surface area contributed by atoms with E-state index in [9.17, 15) is 27.9 Å². The standard InChI is InChI=1S/C31H35F4NO4/c1-27-7-6-23(37)10-19(27)4-5-24-28(2)12-20-15-36(14-18-8-21(33)11-22(34)9-18)16-30(20,26(39)40-17-32)29(28,3)13-25(38)31(24,27)35/h6-11,20,24-25,38H,4-5,12-17H2,1-3H3. The lowest BCUT2D eigenvalue weighted by atomic mass is 9.39. The number of aliphatic hydroxyl groups excluding tert-OH is 1. The first kappa shape index (κ1) is 27.6. The molecule has 5 nitrogen and oxygen atoms in total. The van der Waals surface area contributed by atoms with Crippen molar-refractivity contribution in [3.63, 3.8) is 0 Å². The smallest absolute Gasteiger partial charge is 0.316 e. The average Bonchev–Trinajstić information content (AvgIpc) is 3.30. The Morgan fingerprint density at radius 1 is 1.15 bits per heavy atom. The fourth-order valence-corrected chi connectivity index (χ4v) is 9.98. The number of nitrogens with zero attached hydrogens (tertiary/aromatic N) is 1. The Morgan fingerprint density at radius 2 is 1.85 bits per heavy atom. The minimum absolute atomic E-state index is 0.0541. The number of ether oxygens (including phenoxy) is 1. The minimum atomic E-state index is -2.08. The van der Waals surface area contributed by atoms with Gasteiger partial charge in [-0.3, -0.25) is 14.5 Å². The second-order valence-corrected chi connectivity index (χ2v) is 13.3. The van der Waals surface area contributed by atoms with E-state index in [1.54, 1.807) is 13.0 Å². The van der Waals surface area contributed by atoms with Crippen molar-refractivity contribution < 1.29 is 37.0 Å². The maximum Gasteiger partial charge on any atom is 0.316 e. The van der Waals surface area contributed by atoms with Gasteiger partial charge in [-0.15, -0.1) is 0 Å². The van der Waals surface area contributed by atoms with Crippen LogP contribution in [0.15, 0.2) is 42.0 Å². The molecule has 0 aromatic heterocycles. The zero-order valence-corrected chi connectivity index (χ0v) is 23.0. The van der Waals surface area contributed by atoms with E-state index < -0.39 is 63.8 Å². The molecule has 1 saturated heterocycles. The normalized spacial score (nSPS) is 44.0. The summed E-state index contributed by atoms with van der Waals surface area (Å²) in [7, 11) is 0. The number of carbonyl (C=O) groups is 2. The molecule has 6 rings (SSSR count). The Balaban J connectivity index is 1.42. The van der Waals surface area contributed by atoms with E-state index in [2.05, 4.69) is 0 Å². The topological polar surface area (TPSA) is 66.8 Å². The highest BCUT2D eigenvalue weighted by atomic mass is 19.2. The lowest BCUT2D eigenvalue weighted by Crippen LogP contribution is -2.71. The van der Waals surface area contributed by atoms with Crippen LogP contribution in [0.1, 0.15) is 52.0 Å². The van der Waals surface area contributed by atoms with Crippen molar-refractivity contribution in [2.75, 3.05) is 20.0 Å². The van der Waals surface area contributed by atoms with Crippen LogP contribution < -0.4 is 0 Å². The molecular weight excluding hydrogens is 526 g/mol. The van der Waals surface area contributed by atoms with Crippen molar-refractivity contribution in [1.29, 1.82) is 0 Å². The molecule has 40 heavy (non-hydrogen) atoms. The molecule has 5 aliphatic rings. The Morgan fingerprint density at radius 3 is 2.52 bits per heavy atom. The van der Waals surface area contributed by atoms with Crippen molar-refractivity contribution in [2.24, 2.45) is 33.5 Å². The summed E-state index contributed by atoms with van der Waals surface area (Å²) >= 11 is 0. The molecule has 1 aromatic rings. The molecule has 4 fully saturated rings. The number of ketones is 1. The zero-order valence-electron chi connectivity index (χ0n) is 23.0. The fourth-order valence-electron chi connectivity index (χ4n) is 9.98. The van der Waals surface area contributed by atoms with Crippen molar-refractivity contribution in [2.45, 2.75) is 64.8 Å². The number of carbonyl (C=O) groups excluding carboxylic acids is 2. The molecule has 4 aliphatic carbocycles. The molecule has 3 saturated carbocycles. The summed E-state index contributed by atoms with van der Waals surface area (Å²) in [5, 5.41) is 11.7. The minimum Gasteiger partial charge on any atom is -0.433 e. The molecule has 8 atom stereocenters. The monoisotopic (exact) mass is 561 g/mol. The van der Waals surface area contributed by atoms with Crippen molar-refractivity contribution in [3.8, 4) is 0 Å². The molecule has 1 aromatic carbocycles. The summed E-state index contributed by atoms with van der Waals surface area (Å²) in [6.07, 6.45) is 4.27. The second kappa shape index (κ2) is 8.74. The predicted octanol–water partition coefficient (Wildman–Crippen LogP) is 5.22. The summed E-state index contributed by atoms with van der Waals surface area (Å²) in [6.45, 7) is 5.01. The van der Waals surface area contributed by atoms with Gasteiger partial charge in [-0.1, -0.05) is 25.5 Å². The van der Waals surface area contributed by atoms with Crippen molar-refractivity contribution >= 4 is 11.8 Å². The Bertz CT molecular complexity index is 1330. The van der Waals surface area contributed by atoms with Gasteiger partial charge in [0.15, 0.2) is 11.5 Å². The predicted molar refractivity (Wildman–Crippen MR) is 138 cm³/mol. The summed E-state index contributed by atoms with van der Waals surface area (Å²) in [5.74, 6) is -3.30. The van der Waals surface area contributed by atoms with Gasteiger partial charge >= 0.3 is 5.97 Å². The van der Waals surface area contributed by atoms with E-state index in [0.717, 1.165) is 6.07 Å². The van der Waals surface area contributed by atoms with Gasteiger partial charge < -0.3 is 9.84 Å². The molecule has 0 radical (unpaired) electrons. The van der Waals surface area contributed by atoms with E-state index in [-0.39, 0.29) is 31.2 Å². The first-order valence-electron chi connectivity index (χ1n) is 14.0. The van der Waals surface area contributed by atoms with Gasteiger partial charge in [0, 0.05) is 37.0 Å². The van der Waals surface area contributed by atoms with Crippen LogP contribution in [0.4, 0.5) is 17.6 Å². The van der Waals surface area contributed by atoms with Crippen LogP contribution in [0.5, 0.6) is 0 Å². The van der Waals surface area contributed by atoms with Gasteiger partial charge in [0.25, 0.3) is 0 Å². The summed E-state index contributed by atoms with van der Waals surface area (Å²) in [6, 6.07) is 3.28. The van der Waals surface area contributed by atoms with E-state index in [1.165, 1.54) is 24.3 Å². The summed E-state index contributed by atoms with van der Waals surface area (Å²) < 4.78 is 64.1. The van der Waals surface area contributed by atoms with Gasteiger partial charge in [0.1, 0.15) is 11.6 Å². The number of aliphatic hydroxyl groups is 1. The average molecular weight is 562 g/mol. The molecule has 0 amide bonds. The number of rotatable bonds is 4. The maximum absolute atomic E-state index is 17.7. The van der Waals surface area contributed by atoms with Gasteiger partial charge in [-0.05, 0) is 79.2 Å². The summed E-state index contributed by atoms with van der Waals surface area (Å²) in [5.41, 5.74) is -5.16. The highest BCUT2D eigenvalue weighted by Crippen LogP contribution is 2.79. The van der Waals surface area contributed by atoms with Gasteiger partial charge in [-0.25, -0.2) is 17.6 Å². The first-order valence-corrected chi connectivity index (χ1v) is 14.0. The van der Waals surface area contributed by atoms with E-state index >= 15 is 4.39 Å². The quantitative estimate of drug-likeness (QED) is 0.403. The van der Waals surface area contributed by atoms with Crippen LogP contribution >= 0.6 is 0 Å². The zero-order chi connectivity index (χ0) is 28.9. The van der Waals surface area contributed by atoms with Crippen LogP contribution in [-0.4, -0.2) is 53.5 Å². The van der Waals surface area contributed by atoms with Gasteiger partial charge in [0.05, 0.1) is 11.5 Å². The number of esters is 1.